The second-order valence-electron chi connectivity index (χ2n) is 5.34. The van der Waals surface area contributed by atoms with Gasteiger partial charge in [0.15, 0.2) is 0 Å². The van der Waals surface area contributed by atoms with Gasteiger partial charge in [-0.1, -0.05) is 70.4 Å². The van der Waals surface area contributed by atoms with Crippen LogP contribution in [0.4, 0.5) is 0 Å². The largest absolute Gasteiger partial charge is 0.463 e. The highest BCUT2D eigenvalue weighted by atomic mass is 16.5. The zero-order valence-electron chi connectivity index (χ0n) is 13.1. The molecule has 0 aromatic rings. The molecule has 0 N–H and O–H groups in total. The van der Waals surface area contributed by atoms with Crippen LogP contribution >= 0.6 is 0 Å². The summed E-state index contributed by atoms with van der Waals surface area (Å²) in [6.07, 6.45) is 18.6. The van der Waals surface area contributed by atoms with Gasteiger partial charge in [-0.05, 0) is 19.3 Å². The summed E-state index contributed by atoms with van der Waals surface area (Å²) in [4.78, 5) is 10.8. The normalized spacial score (nSPS) is 10.2. The van der Waals surface area contributed by atoms with Gasteiger partial charge in [0, 0.05) is 6.08 Å². The van der Waals surface area contributed by atoms with Gasteiger partial charge in [0.2, 0.25) is 0 Å². The van der Waals surface area contributed by atoms with Gasteiger partial charge in [-0.3, -0.25) is 0 Å². The van der Waals surface area contributed by atoms with Crippen LogP contribution in [0.25, 0.3) is 0 Å². The number of ether oxygens (including phenoxy) is 1. The van der Waals surface area contributed by atoms with Crippen LogP contribution in [0, 0.1) is 0 Å². The molecule has 0 spiro atoms. The Labute approximate surface area is 125 Å². The van der Waals surface area contributed by atoms with E-state index in [0.717, 1.165) is 12.8 Å². The Bertz CT molecular complexity index is 246. The minimum atomic E-state index is -0.307. The van der Waals surface area contributed by atoms with E-state index in [9.17, 15) is 4.79 Å². The summed E-state index contributed by atoms with van der Waals surface area (Å²) >= 11 is 0. The first-order chi connectivity index (χ1) is 9.81. The van der Waals surface area contributed by atoms with Crippen LogP contribution < -0.4 is 0 Å². The Balaban J connectivity index is 3.00. The highest BCUT2D eigenvalue weighted by Gasteiger charge is 1.96. The van der Waals surface area contributed by atoms with E-state index in [1.54, 1.807) is 0 Å². The summed E-state index contributed by atoms with van der Waals surface area (Å²) in [6.45, 7) is 7.64. The maximum atomic E-state index is 10.8. The third-order valence-corrected chi connectivity index (χ3v) is 3.46. The average Bonchev–Trinajstić information content (AvgIpc) is 2.47. The number of unbranched alkanes of at least 4 members (excludes halogenated alkanes) is 11. The Kier molecular flexibility index (Phi) is 15.2. The Hall–Kier alpha value is -1.05. The van der Waals surface area contributed by atoms with Crippen molar-refractivity contribution in [3.05, 3.63) is 25.3 Å². The first kappa shape index (κ1) is 18.9. The van der Waals surface area contributed by atoms with Crippen molar-refractivity contribution in [3.8, 4) is 0 Å². The summed E-state index contributed by atoms with van der Waals surface area (Å²) in [5, 5.41) is 0. The summed E-state index contributed by atoms with van der Waals surface area (Å²) in [5.41, 5.74) is 0. The molecule has 0 aromatic carbocycles. The summed E-state index contributed by atoms with van der Waals surface area (Å²) in [5.74, 6) is -0.307. The number of allylic oxidation sites excluding steroid dienone is 1. The van der Waals surface area contributed by atoms with Crippen LogP contribution in [0.1, 0.15) is 77.0 Å². The summed E-state index contributed by atoms with van der Waals surface area (Å²) in [7, 11) is 0. The van der Waals surface area contributed by atoms with Crippen molar-refractivity contribution >= 4 is 5.97 Å². The van der Waals surface area contributed by atoms with Crippen LogP contribution in [-0.2, 0) is 9.53 Å². The Morgan fingerprint density at radius 3 is 1.65 bits per heavy atom. The third kappa shape index (κ3) is 15.0. The molecule has 2 nitrogen and oxygen atoms in total. The molecule has 0 bridgehead atoms. The lowest BCUT2D eigenvalue weighted by molar-refractivity contribution is -0.137. The number of hydrogen-bond donors (Lipinski definition) is 0. The van der Waals surface area contributed by atoms with E-state index >= 15 is 0 Å². The van der Waals surface area contributed by atoms with Gasteiger partial charge in [0.05, 0.1) is 6.61 Å². The lowest BCUT2D eigenvalue weighted by Crippen LogP contribution is -2.01. The van der Waals surface area contributed by atoms with Crippen LogP contribution in [0.3, 0.4) is 0 Å². The molecule has 0 rings (SSSR count). The maximum Gasteiger partial charge on any atom is 0.330 e. The molecule has 116 valence electrons. The van der Waals surface area contributed by atoms with Gasteiger partial charge < -0.3 is 4.74 Å². The van der Waals surface area contributed by atoms with E-state index in [0.29, 0.717) is 6.61 Å². The molecule has 0 aliphatic carbocycles. The first-order valence-electron chi connectivity index (χ1n) is 8.21. The van der Waals surface area contributed by atoms with Crippen molar-refractivity contribution in [3.63, 3.8) is 0 Å². The van der Waals surface area contributed by atoms with E-state index in [4.69, 9.17) is 4.74 Å². The Morgan fingerprint density at radius 2 is 1.20 bits per heavy atom. The fourth-order valence-corrected chi connectivity index (χ4v) is 2.21. The van der Waals surface area contributed by atoms with Crippen molar-refractivity contribution < 1.29 is 9.53 Å². The highest BCUT2D eigenvalue weighted by Crippen LogP contribution is 2.12. The topological polar surface area (TPSA) is 26.3 Å². The summed E-state index contributed by atoms with van der Waals surface area (Å²) in [6, 6.07) is 0. The number of hydrogen-bond acceptors (Lipinski definition) is 2. The molecule has 2 heteroatoms. The van der Waals surface area contributed by atoms with Gasteiger partial charge in [-0.25, -0.2) is 4.79 Å². The second-order valence-corrected chi connectivity index (χ2v) is 5.34. The molecular weight excluding hydrogens is 248 g/mol. The molecule has 0 heterocycles. The van der Waals surface area contributed by atoms with Crippen LogP contribution in [0.2, 0.25) is 0 Å². The fourth-order valence-electron chi connectivity index (χ4n) is 2.21. The molecule has 0 fully saturated rings. The fraction of sp³-hybridized carbons (Fsp3) is 0.722. The molecule has 20 heavy (non-hydrogen) atoms. The van der Waals surface area contributed by atoms with Crippen molar-refractivity contribution in [2.75, 3.05) is 6.61 Å². The predicted molar refractivity (Wildman–Crippen MR) is 86.8 cm³/mol. The average molecular weight is 280 g/mol. The smallest absolute Gasteiger partial charge is 0.330 e. The third-order valence-electron chi connectivity index (χ3n) is 3.46. The molecule has 0 aliphatic heterocycles. The number of carbonyl (C=O) groups excluding carboxylic acids is 1. The molecule has 0 aliphatic rings. The molecule has 0 aromatic heterocycles. The van der Waals surface area contributed by atoms with Gasteiger partial charge in [-0.15, -0.1) is 6.58 Å². The van der Waals surface area contributed by atoms with Crippen LogP contribution in [0.5, 0.6) is 0 Å². The van der Waals surface area contributed by atoms with Crippen molar-refractivity contribution in [1.29, 1.82) is 0 Å². The van der Waals surface area contributed by atoms with E-state index < -0.39 is 0 Å². The van der Waals surface area contributed by atoms with Crippen molar-refractivity contribution in [2.45, 2.75) is 77.0 Å². The van der Waals surface area contributed by atoms with Gasteiger partial charge >= 0.3 is 5.97 Å². The van der Waals surface area contributed by atoms with Gasteiger partial charge in [-0.2, -0.15) is 0 Å². The van der Waals surface area contributed by atoms with E-state index in [2.05, 4.69) is 13.2 Å². The minimum Gasteiger partial charge on any atom is -0.463 e. The number of rotatable bonds is 15. The van der Waals surface area contributed by atoms with E-state index in [1.807, 2.05) is 6.08 Å². The van der Waals surface area contributed by atoms with Crippen molar-refractivity contribution in [2.24, 2.45) is 0 Å². The summed E-state index contributed by atoms with van der Waals surface area (Å²) < 4.78 is 4.93. The minimum absolute atomic E-state index is 0.307. The lowest BCUT2D eigenvalue weighted by Gasteiger charge is -2.03. The highest BCUT2D eigenvalue weighted by molar-refractivity contribution is 5.81. The predicted octanol–water partition coefficient (Wildman–Crippen LogP) is 5.58. The molecular formula is C18H32O2. The molecule has 0 saturated carbocycles. The van der Waals surface area contributed by atoms with Gasteiger partial charge in [0.25, 0.3) is 0 Å². The zero-order chi connectivity index (χ0) is 14.9. The number of esters is 1. The molecule has 0 saturated heterocycles. The monoisotopic (exact) mass is 280 g/mol. The molecule has 0 amide bonds. The van der Waals surface area contributed by atoms with Gasteiger partial charge in [0.1, 0.15) is 0 Å². The van der Waals surface area contributed by atoms with Crippen LogP contribution in [-0.4, -0.2) is 12.6 Å². The molecule has 0 radical (unpaired) electrons. The standard InChI is InChI=1S/C18H32O2/c1-3-5-6-7-8-9-10-11-12-13-14-15-16-17-20-18(19)4-2/h3-4H,1-2,5-17H2. The SMILES string of the molecule is C=CCCCCCCCCCCCCCOC(=O)C=C. The zero-order valence-corrected chi connectivity index (χ0v) is 13.1. The molecule has 0 atom stereocenters. The quantitative estimate of drug-likeness (QED) is 0.169. The van der Waals surface area contributed by atoms with E-state index in [-0.39, 0.29) is 5.97 Å². The Morgan fingerprint density at radius 1 is 0.750 bits per heavy atom. The number of carbonyl (C=O) groups is 1. The van der Waals surface area contributed by atoms with E-state index in [1.165, 1.54) is 70.3 Å². The lowest BCUT2D eigenvalue weighted by atomic mass is 10.1. The second kappa shape index (κ2) is 16.0. The van der Waals surface area contributed by atoms with Crippen LogP contribution in [0.15, 0.2) is 25.3 Å². The van der Waals surface area contributed by atoms with Crippen molar-refractivity contribution in [1.82, 2.24) is 0 Å². The maximum absolute atomic E-state index is 10.8. The first-order valence-corrected chi connectivity index (χ1v) is 8.21. The molecule has 0 unspecified atom stereocenters.